The lowest BCUT2D eigenvalue weighted by Crippen LogP contribution is -2.33. The number of hydrogen-bond donors (Lipinski definition) is 3. The van der Waals surface area contributed by atoms with Gasteiger partial charge in [-0.15, -0.1) is 5.10 Å². The molecule has 1 amide bonds. The Morgan fingerprint density at radius 3 is 2.63 bits per heavy atom. The van der Waals surface area contributed by atoms with Crippen molar-refractivity contribution in [1.29, 1.82) is 0 Å². The summed E-state index contributed by atoms with van der Waals surface area (Å²) in [5.74, 6) is 5.54. The third kappa shape index (κ3) is 4.58. The standard InChI is InChI=1S/C28H25N7O3/c1-17(31-26(36)22-23(29)33-34-16-8-15-30-25(22)34)24-32-20-12-7-9-18(13-14-28(2,3)38)21(20)27(37)35(24)19-10-5-4-6-11-19/h4-12,15-17,38H,1-3H3,(H2,29,33)(H,31,36)/t17-/m1/s1. The van der Waals surface area contributed by atoms with Crippen molar-refractivity contribution >= 4 is 28.3 Å². The molecule has 0 fully saturated rings. The van der Waals surface area contributed by atoms with Gasteiger partial charge in [-0.05, 0) is 51.1 Å². The first-order valence-electron chi connectivity index (χ1n) is 11.9. The van der Waals surface area contributed by atoms with E-state index in [2.05, 4.69) is 27.2 Å². The predicted molar refractivity (Wildman–Crippen MR) is 144 cm³/mol. The van der Waals surface area contributed by atoms with Gasteiger partial charge in [0, 0.05) is 18.0 Å². The number of fused-ring (bicyclic) bond motifs is 2. The van der Waals surface area contributed by atoms with Crippen molar-refractivity contribution < 1.29 is 9.90 Å². The van der Waals surface area contributed by atoms with Gasteiger partial charge in [-0.25, -0.2) is 14.5 Å². The van der Waals surface area contributed by atoms with E-state index < -0.39 is 17.6 Å². The van der Waals surface area contributed by atoms with Crippen molar-refractivity contribution in [2.75, 3.05) is 5.73 Å². The van der Waals surface area contributed by atoms with E-state index in [0.717, 1.165) is 0 Å². The number of nitrogens with zero attached hydrogens (tertiary/aromatic N) is 5. The summed E-state index contributed by atoms with van der Waals surface area (Å²) in [6, 6.07) is 15.2. The van der Waals surface area contributed by atoms with Crippen LogP contribution in [-0.4, -0.2) is 40.8 Å². The molecule has 190 valence electrons. The minimum absolute atomic E-state index is 0.0374. The Bertz CT molecular complexity index is 1810. The maximum atomic E-state index is 14.0. The van der Waals surface area contributed by atoms with E-state index in [1.165, 1.54) is 9.08 Å². The second-order valence-electron chi connectivity index (χ2n) is 9.30. The molecule has 0 radical (unpaired) electrons. The number of carbonyl (C=O) groups is 1. The highest BCUT2D eigenvalue weighted by molar-refractivity contribution is 6.04. The molecule has 0 spiro atoms. The van der Waals surface area contributed by atoms with Gasteiger partial charge in [0.1, 0.15) is 17.0 Å². The minimum atomic E-state index is -1.23. The molecule has 3 aromatic heterocycles. The largest absolute Gasteiger partial charge is 0.381 e. The van der Waals surface area contributed by atoms with E-state index in [1.807, 2.05) is 18.2 Å². The molecule has 5 aromatic rings. The van der Waals surface area contributed by atoms with Crippen LogP contribution in [0.5, 0.6) is 0 Å². The summed E-state index contributed by atoms with van der Waals surface area (Å²) in [6.07, 6.45) is 3.20. The molecular formula is C28H25N7O3. The first kappa shape index (κ1) is 24.7. The predicted octanol–water partition coefficient (Wildman–Crippen LogP) is 2.62. The maximum Gasteiger partial charge on any atom is 0.267 e. The van der Waals surface area contributed by atoms with E-state index >= 15 is 0 Å². The molecule has 0 bridgehead atoms. The zero-order valence-corrected chi connectivity index (χ0v) is 21.0. The number of carbonyl (C=O) groups excluding carboxylic acids is 1. The number of nitrogens with two attached hydrogens (primary N) is 1. The Hall–Kier alpha value is -5.01. The van der Waals surface area contributed by atoms with E-state index in [0.29, 0.717) is 33.6 Å². The lowest BCUT2D eigenvalue weighted by Gasteiger charge is -2.20. The molecule has 4 N–H and O–H groups in total. The van der Waals surface area contributed by atoms with Crippen LogP contribution in [0.25, 0.3) is 22.2 Å². The minimum Gasteiger partial charge on any atom is -0.381 e. The van der Waals surface area contributed by atoms with E-state index in [1.54, 1.807) is 69.6 Å². The fourth-order valence-electron chi connectivity index (χ4n) is 4.14. The quantitative estimate of drug-likeness (QED) is 0.318. The van der Waals surface area contributed by atoms with Crippen molar-refractivity contribution in [3.63, 3.8) is 0 Å². The highest BCUT2D eigenvalue weighted by Gasteiger charge is 2.25. The highest BCUT2D eigenvalue weighted by Crippen LogP contribution is 2.22. The summed E-state index contributed by atoms with van der Waals surface area (Å²) in [5, 5.41) is 17.4. The van der Waals surface area contributed by atoms with Gasteiger partial charge in [-0.2, -0.15) is 0 Å². The van der Waals surface area contributed by atoms with Crippen molar-refractivity contribution in [2.45, 2.75) is 32.4 Å². The SMILES string of the molecule is C[C@@H](NC(=O)c1c(N)nn2cccnc12)c1nc2cccc(C#CC(C)(C)O)c2c(=O)n1-c1ccccc1. The van der Waals surface area contributed by atoms with Gasteiger partial charge in [0.15, 0.2) is 11.5 Å². The average Bonchev–Trinajstić information content (AvgIpc) is 3.23. The number of hydrogen-bond acceptors (Lipinski definition) is 7. The third-order valence-corrected chi connectivity index (χ3v) is 5.83. The molecule has 0 aliphatic heterocycles. The highest BCUT2D eigenvalue weighted by atomic mass is 16.3. The normalized spacial score (nSPS) is 12.2. The molecule has 5 rings (SSSR count). The van der Waals surface area contributed by atoms with E-state index in [-0.39, 0.29) is 16.9 Å². The van der Waals surface area contributed by atoms with Crippen LogP contribution in [0.4, 0.5) is 5.82 Å². The second-order valence-corrected chi connectivity index (χ2v) is 9.30. The van der Waals surface area contributed by atoms with Gasteiger partial charge in [0.25, 0.3) is 11.5 Å². The number of nitrogen functional groups attached to an aromatic ring is 1. The van der Waals surface area contributed by atoms with Crippen LogP contribution in [0, 0.1) is 11.8 Å². The van der Waals surface area contributed by atoms with E-state index in [9.17, 15) is 14.7 Å². The van der Waals surface area contributed by atoms with Crippen LogP contribution in [0.15, 0.2) is 71.8 Å². The molecule has 0 aliphatic carbocycles. The molecule has 3 heterocycles. The number of rotatable bonds is 4. The topological polar surface area (TPSA) is 140 Å². The number of benzene rings is 2. The first-order chi connectivity index (χ1) is 18.1. The zero-order chi connectivity index (χ0) is 27.0. The molecule has 0 unspecified atom stereocenters. The summed E-state index contributed by atoms with van der Waals surface area (Å²) in [6.45, 7) is 4.87. The van der Waals surface area contributed by atoms with Crippen molar-refractivity contribution in [3.8, 4) is 17.5 Å². The van der Waals surface area contributed by atoms with Gasteiger partial charge in [0.2, 0.25) is 0 Å². The summed E-state index contributed by atoms with van der Waals surface area (Å²) in [7, 11) is 0. The van der Waals surface area contributed by atoms with Crippen LogP contribution in [0.1, 0.15) is 48.6 Å². The third-order valence-electron chi connectivity index (χ3n) is 5.83. The number of amides is 1. The van der Waals surface area contributed by atoms with Crippen molar-refractivity contribution in [1.82, 2.24) is 29.5 Å². The number of para-hydroxylation sites is 1. The van der Waals surface area contributed by atoms with Gasteiger partial charge < -0.3 is 16.2 Å². The van der Waals surface area contributed by atoms with Crippen molar-refractivity contribution in [2.24, 2.45) is 0 Å². The number of nitrogens with one attached hydrogen (secondary N) is 1. The van der Waals surface area contributed by atoms with Gasteiger partial charge in [-0.1, -0.05) is 36.1 Å². The number of aliphatic hydroxyl groups is 1. The summed E-state index contributed by atoms with van der Waals surface area (Å²) in [5.41, 5.74) is 6.33. The zero-order valence-electron chi connectivity index (χ0n) is 21.0. The molecule has 1 atom stereocenters. The van der Waals surface area contributed by atoms with Crippen molar-refractivity contribution in [3.05, 3.63) is 94.3 Å². The van der Waals surface area contributed by atoms with Crippen LogP contribution in [0.2, 0.25) is 0 Å². The summed E-state index contributed by atoms with van der Waals surface area (Å²) < 4.78 is 2.89. The van der Waals surface area contributed by atoms with Gasteiger partial charge in [0.05, 0.1) is 22.6 Å². The van der Waals surface area contributed by atoms with E-state index in [4.69, 9.17) is 10.7 Å². The first-order valence-corrected chi connectivity index (χ1v) is 11.9. The fourth-order valence-corrected chi connectivity index (χ4v) is 4.14. The molecule has 10 nitrogen and oxygen atoms in total. The van der Waals surface area contributed by atoms with Crippen LogP contribution in [-0.2, 0) is 0 Å². The molecule has 2 aromatic carbocycles. The fraction of sp³-hybridized carbons (Fsp3) is 0.179. The number of anilines is 1. The molecule has 0 saturated carbocycles. The smallest absolute Gasteiger partial charge is 0.267 e. The Kier molecular flexibility index (Phi) is 6.14. The Morgan fingerprint density at radius 2 is 1.89 bits per heavy atom. The second kappa shape index (κ2) is 9.46. The monoisotopic (exact) mass is 507 g/mol. The van der Waals surface area contributed by atoms with Crippen LogP contribution in [0.3, 0.4) is 0 Å². The average molecular weight is 508 g/mol. The Labute approximate surface area is 217 Å². The maximum absolute atomic E-state index is 14.0. The molecule has 0 aliphatic rings. The summed E-state index contributed by atoms with van der Waals surface area (Å²) >= 11 is 0. The Morgan fingerprint density at radius 1 is 1.13 bits per heavy atom. The van der Waals surface area contributed by atoms with Gasteiger partial charge in [-0.3, -0.25) is 14.2 Å². The van der Waals surface area contributed by atoms with Crippen LogP contribution >= 0.6 is 0 Å². The summed E-state index contributed by atoms with van der Waals surface area (Å²) in [4.78, 5) is 36.3. The lowest BCUT2D eigenvalue weighted by molar-refractivity contribution is 0.0940. The molecule has 38 heavy (non-hydrogen) atoms. The number of aromatic nitrogens is 5. The molecule has 0 saturated heterocycles. The lowest BCUT2D eigenvalue weighted by atomic mass is 10.1. The molecule has 10 heteroatoms. The van der Waals surface area contributed by atoms with Crippen LogP contribution < -0.4 is 16.6 Å². The Balaban J connectivity index is 1.66. The van der Waals surface area contributed by atoms with Gasteiger partial charge >= 0.3 is 0 Å². The molecular weight excluding hydrogens is 482 g/mol.